The molecule has 0 unspecified atom stereocenters. The van der Waals surface area contributed by atoms with Crippen molar-refractivity contribution in [2.45, 2.75) is 20.3 Å². The summed E-state index contributed by atoms with van der Waals surface area (Å²) in [6.45, 7) is 5.97. The van der Waals surface area contributed by atoms with E-state index < -0.39 is 10.8 Å². The number of benzene rings is 1. The number of carbonyl (C=O) groups excluding carboxylic acids is 1. The van der Waals surface area contributed by atoms with Crippen LogP contribution in [-0.4, -0.2) is 44.2 Å². The van der Waals surface area contributed by atoms with Gasteiger partial charge in [0.25, 0.3) is 11.6 Å². The molecule has 0 aliphatic heterocycles. The molecule has 0 radical (unpaired) electrons. The number of carbonyl (C=O) groups is 1. The Morgan fingerprint density at radius 2 is 1.92 bits per heavy atom. The number of nitrogens with zero attached hydrogens (tertiary/aromatic N) is 1. The van der Waals surface area contributed by atoms with Gasteiger partial charge in [-0.25, -0.2) is 0 Å². The molecule has 1 amide bonds. The maximum atomic E-state index is 12.2. The topological polar surface area (TPSA) is 103 Å². The number of halogens is 1. The van der Waals surface area contributed by atoms with Crippen LogP contribution in [0.3, 0.4) is 0 Å². The third kappa shape index (κ3) is 6.21. The summed E-state index contributed by atoms with van der Waals surface area (Å²) in [7, 11) is 1.42. The zero-order chi connectivity index (χ0) is 17.2. The van der Waals surface area contributed by atoms with Crippen molar-refractivity contribution in [1.82, 2.24) is 10.6 Å². The zero-order valence-electron chi connectivity index (χ0n) is 14.1. The molecule has 0 aromatic heterocycles. The predicted octanol–water partition coefficient (Wildman–Crippen LogP) is 2.15. The fourth-order valence-electron chi connectivity index (χ4n) is 1.97. The number of nitro groups is 1. The van der Waals surface area contributed by atoms with Crippen LogP contribution in [0.5, 0.6) is 11.5 Å². The Bertz CT molecular complexity index is 554. The van der Waals surface area contributed by atoms with E-state index in [-0.39, 0.29) is 35.2 Å². The lowest BCUT2D eigenvalue weighted by Crippen LogP contribution is -2.32. The van der Waals surface area contributed by atoms with Crippen molar-refractivity contribution in [3.63, 3.8) is 0 Å². The minimum Gasteiger partial charge on any atom is -0.493 e. The first kappa shape index (κ1) is 21.9. The second kappa shape index (κ2) is 11.5. The average molecular weight is 362 g/mol. The van der Waals surface area contributed by atoms with Crippen LogP contribution in [0.2, 0.25) is 0 Å². The summed E-state index contributed by atoms with van der Waals surface area (Å²) >= 11 is 0. The van der Waals surface area contributed by atoms with Crippen molar-refractivity contribution >= 4 is 24.0 Å². The van der Waals surface area contributed by atoms with E-state index in [1.54, 1.807) is 6.92 Å². The number of nitro benzene ring substituents is 1. The van der Waals surface area contributed by atoms with Gasteiger partial charge >= 0.3 is 0 Å². The lowest BCUT2D eigenvalue weighted by Gasteiger charge is -2.12. The number of amides is 1. The van der Waals surface area contributed by atoms with Gasteiger partial charge in [-0.2, -0.15) is 0 Å². The summed E-state index contributed by atoms with van der Waals surface area (Å²) in [6.07, 6.45) is 0.996. The first-order valence-electron chi connectivity index (χ1n) is 7.53. The van der Waals surface area contributed by atoms with E-state index in [0.29, 0.717) is 19.7 Å². The van der Waals surface area contributed by atoms with Gasteiger partial charge in [0.2, 0.25) is 0 Å². The molecule has 0 atom stereocenters. The van der Waals surface area contributed by atoms with Gasteiger partial charge in [-0.1, -0.05) is 6.92 Å². The van der Waals surface area contributed by atoms with Gasteiger partial charge in [0.1, 0.15) is 5.56 Å². The molecule has 0 saturated heterocycles. The Morgan fingerprint density at radius 1 is 1.21 bits per heavy atom. The number of ether oxygens (including phenoxy) is 2. The van der Waals surface area contributed by atoms with E-state index in [9.17, 15) is 14.9 Å². The van der Waals surface area contributed by atoms with Crippen LogP contribution in [-0.2, 0) is 0 Å². The largest absolute Gasteiger partial charge is 0.493 e. The molecule has 0 spiro atoms. The van der Waals surface area contributed by atoms with Crippen LogP contribution in [0.25, 0.3) is 0 Å². The molecule has 1 rings (SSSR count). The molecule has 0 bridgehead atoms. The highest BCUT2D eigenvalue weighted by Gasteiger charge is 2.24. The Balaban J connectivity index is 0.00000529. The average Bonchev–Trinajstić information content (AvgIpc) is 2.54. The number of hydrogen-bond acceptors (Lipinski definition) is 6. The maximum absolute atomic E-state index is 12.2. The predicted molar refractivity (Wildman–Crippen MR) is 93.6 cm³/mol. The van der Waals surface area contributed by atoms with Crippen LogP contribution in [0.1, 0.15) is 30.6 Å². The molecule has 0 aliphatic rings. The fraction of sp³-hybridized carbons (Fsp3) is 0.533. The monoisotopic (exact) mass is 361 g/mol. The summed E-state index contributed by atoms with van der Waals surface area (Å²) in [5.74, 6) is 0.00548. The third-order valence-corrected chi connectivity index (χ3v) is 3.04. The lowest BCUT2D eigenvalue weighted by molar-refractivity contribution is -0.385. The van der Waals surface area contributed by atoms with Gasteiger partial charge in [-0.3, -0.25) is 14.9 Å². The lowest BCUT2D eigenvalue weighted by atomic mass is 10.1. The number of nitrogens with one attached hydrogen (secondary N) is 2. The summed E-state index contributed by atoms with van der Waals surface area (Å²) in [5, 5.41) is 17.0. The van der Waals surface area contributed by atoms with E-state index in [0.717, 1.165) is 13.0 Å². The van der Waals surface area contributed by atoms with Gasteiger partial charge < -0.3 is 20.1 Å². The molecule has 136 valence electrons. The molecular weight excluding hydrogens is 338 g/mol. The van der Waals surface area contributed by atoms with E-state index in [1.807, 2.05) is 6.92 Å². The second-order valence-corrected chi connectivity index (χ2v) is 4.72. The van der Waals surface area contributed by atoms with Crippen LogP contribution in [0.4, 0.5) is 5.69 Å². The molecule has 1 aromatic rings. The van der Waals surface area contributed by atoms with Crippen LogP contribution in [0.15, 0.2) is 12.1 Å². The van der Waals surface area contributed by atoms with E-state index in [2.05, 4.69) is 10.6 Å². The van der Waals surface area contributed by atoms with Crippen molar-refractivity contribution in [3.8, 4) is 11.5 Å². The van der Waals surface area contributed by atoms with Crippen LogP contribution < -0.4 is 20.1 Å². The molecule has 24 heavy (non-hydrogen) atoms. The quantitative estimate of drug-likeness (QED) is 0.376. The van der Waals surface area contributed by atoms with Crippen LogP contribution >= 0.6 is 12.4 Å². The summed E-state index contributed by atoms with van der Waals surface area (Å²) in [4.78, 5) is 22.8. The Kier molecular flexibility index (Phi) is 10.5. The summed E-state index contributed by atoms with van der Waals surface area (Å²) in [6, 6.07) is 2.55. The molecule has 0 heterocycles. The van der Waals surface area contributed by atoms with Gasteiger partial charge in [0.15, 0.2) is 11.5 Å². The zero-order valence-corrected chi connectivity index (χ0v) is 14.9. The van der Waals surface area contributed by atoms with Crippen molar-refractivity contribution in [1.29, 1.82) is 0 Å². The highest BCUT2D eigenvalue weighted by molar-refractivity contribution is 5.99. The Labute approximate surface area is 147 Å². The van der Waals surface area contributed by atoms with E-state index >= 15 is 0 Å². The first-order chi connectivity index (χ1) is 11.0. The van der Waals surface area contributed by atoms with Gasteiger partial charge in [0.05, 0.1) is 24.7 Å². The fourth-order valence-corrected chi connectivity index (χ4v) is 1.97. The third-order valence-electron chi connectivity index (χ3n) is 3.04. The second-order valence-electron chi connectivity index (χ2n) is 4.72. The summed E-state index contributed by atoms with van der Waals surface area (Å²) < 4.78 is 10.4. The molecule has 2 N–H and O–H groups in total. The highest BCUT2D eigenvalue weighted by Crippen LogP contribution is 2.34. The van der Waals surface area contributed by atoms with Crippen molar-refractivity contribution in [2.24, 2.45) is 0 Å². The van der Waals surface area contributed by atoms with Crippen molar-refractivity contribution < 1.29 is 19.2 Å². The van der Waals surface area contributed by atoms with Crippen molar-refractivity contribution in [2.75, 3.05) is 33.4 Å². The minimum absolute atomic E-state index is 0. The first-order valence-corrected chi connectivity index (χ1v) is 7.53. The molecule has 0 fully saturated rings. The normalized spacial score (nSPS) is 9.79. The van der Waals surface area contributed by atoms with Gasteiger partial charge in [-0.05, 0) is 19.9 Å². The maximum Gasteiger partial charge on any atom is 0.286 e. The molecule has 0 saturated carbocycles. The number of rotatable bonds is 10. The number of hydrogen-bond donors (Lipinski definition) is 2. The highest BCUT2D eigenvalue weighted by atomic mass is 35.5. The van der Waals surface area contributed by atoms with Gasteiger partial charge in [0, 0.05) is 19.2 Å². The van der Waals surface area contributed by atoms with E-state index in [4.69, 9.17) is 9.47 Å². The standard InChI is InChI=1S/C15H23N3O5.ClH/c1-4-6-16-7-8-17-15(19)11-9-13(22-3)14(23-5-2)10-12(11)18(20)21;/h9-10,16H,4-8H2,1-3H3,(H,17,19);1H. The Hall–Kier alpha value is -2.06. The smallest absolute Gasteiger partial charge is 0.286 e. The molecule has 0 aliphatic carbocycles. The van der Waals surface area contributed by atoms with Crippen LogP contribution in [0, 0.1) is 10.1 Å². The molecule has 1 aromatic carbocycles. The molecule has 8 nitrogen and oxygen atoms in total. The summed E-state index contributed by atoms with van der Waals surface area (Å²) in [5.41, 5.74) is -0.362. The molecule has 9 heteroatoms. The molecular formula is C15H24ClN3O5. The SMILES string of the molecule is CCCNCCNC(=O)c1cc(OC)c(OCC)cc1[N+](=O)[O-].Cl. The number of methoxy groups -OCH3 is 1. The Morgan fingerprint density at radius 3 is 2.46 bits per heavy atom. The van der Waals surface area contributed by atoms with Crippen molar-refractivity contribution in [3.05, 3.63) is 27.8 Å². The van der Waals surface area contributed by atoms with Gasteiger partial charge in [-0.15, -0.1) is 12.4 Å². The minimum atomic E-state index is -0.605. The van der Waals surface area contributed by atoms with E-state index in [1.165, 1.54) is 19.2 Å².